The molecule has 2 heterocycles. The lowest BCUT2D eigenvalue weighted by molar-refractivity contribution is -0.116. The van der Waals surface area contributed by atoms with Crippen LogP contribution in [-0.4, -0.2) is 98.1 Å². The number of aromatic amines is 1. The van der Waals surface area contributed by atoms with Crippen LogP contribution in [0.3, 0.4) is 0 Å². The van der Waals surface area contributed by atoms with Crippen LogP contribution in [0.25, 0.3) is 6.08 Å². The maximum atomic E-state index is 13.0. The van der Waals surface area contributed by atoms with Crippen molar-refractivity contribution in [1.29, 1.82) is 0 Å². The molecule has 222 valence electrons. The summed E-state index contributed by atoms with van der Waals surface area (Å²) in [5.74, 6) is -1.43. The minimum absolute atomic E-state index is 0.00243. The highest BCUT2D eigenvalue weighted by Crippen LogP contribution is 2.21. The molecular weight excluding hydrogens is 579 g/mol. The van der Waals surface area contributed by atoms with Crippen molar-refractivity contribution in [3.05, 3.63) is 63.6 Å². The van der Waals surface area contributed by atoms with E-state index in [1.807, 2.05) is 0 Å². The van der Waals surface area contributed by atoms with Gasteiger partial charge in [0.05, 0.1) is 36.4 Å². The molecule has 0 aliphatic carbocycles. The summed E-state index contributed by atoms with van der Waals surface area (Å²) in [5.41, 5.74) is 3.82. The van der Waals surface area contributed by atoms with Crippen LogP contribution in [-0.2, 0) is 19.4 Å². The first-order valence-electron chi connectivity index (χ1n) is 12.8. The van der Waals surface area contributed by atoms with Gasteiger partial charge in [-0.3, -0.25) is 14.5 Å². The predicted octanol–water partition coefficient (Wildman–Crippen LogP) is 2.42. The molecule has 0 aromatic carbocycles. The number of H-pyrrole nitrogens is 1. The molecule has 1 aromatic rings. The Labute approximate surface area is 246 Å². The van der Waals surface area contributed by atoms with Gasteiger partial charge in [-0.1, -0.05) is 29.8 Å². The number of amides is 2. The Balaban J connectivity index is 2.20. The third-order valence-electron chi connectivity index (χ3n) is 6.10. The van der Waals surface area contributed by atoms with Crippen molar-refractivity contribution in [2.24, 2.45) is 0 Å². The summed E-state index contributed by atoms with van der Waals surface area (Å²) < 4.78 is 30.2. The molecule has 1 unspecified atom stereocenters. The third-order valence-corrected chi connectivity index (χ3v) is 8.26. The Morgan fingerprint density at radius 3 is 2.58 bits per heavy atom. The molecule has 1 atom stereocenters. The topological polar surface area (TPSA) is 141 Å². The number of nitrogens with one attached hydrogen (secondary N) is 3. The van der Waals surface area contributed by atoms with Gasteiger partial charge in [0.1, 0.15) is 0 Å². The van der Waals surface area contributed by atoms with Gasteiger partial charge < -0.3 is 25.5 Å². The minimum Gasteiger partial charge on any atom is -0.390 e. The number of morpholine rings is 1. The standard InChI is InChI=1S/C27H38Cl2N4O6S/c1-4-7-30-26(35)22(6-5-12-40(37,38)18-21(14-28)15-29)13-24-19(2)25(20(3)32-24)27(36)31-16-23(34)17-33-8-10-39-11-9-33/h4-7,13-14,23,32,34H,8-12,15-18H2,1-3H3,(H,30,35)(H,31,36)/b6-5+,7-4+,21-14-,22-13-. The molecule has 0 bridgehead atoms. The number of aromatic nitrogens is 1. The largest absolute Gasteiger partial charge is 0.390 e. The monoisotopic (exact) mass is 616 g/mol. The second-order valence-corrected chi connectivity index (χ2v) is 12.0. The summed E-state index contributed by atoms with van der Waals surface area (Å²) in [6.45, 7) is 8.47. The van der Waals surface area contributed by atoms with Crippen LogP contribution in [0.5, 0.6) is 0 Å². The van der Waals surface area contributed by atoms with Gasteiger partial charge in [-0.25, -0.2) is 8.42 Å². The number of sulfone groups is 1. The number of ether oxygens (including phenoxy) is 1. The normalized spacial score (nSPS) is 16.6. The highest BCUT2D eigenvalue weighted by Gasteiger charge is 2.21. The number of hydrogen-bond acceptors (Lipinski definition) is 7. The quantitative estimate of drug-likeness (QED) is 0.143. The molecular formula is C27H38Cl2N4O6S. The number of rotatable bonds is 14. The zero-order valence-corrected chi connectivity index (χ0v) is 25.3. The summed E-state index contributed by atoms with van der Waals surface area (Å²) in [6, 6.07) is 0. The van der Waals surface area contributed by atoms with Crippen LogP contribution < -0.4 is 10.6 Å². The van der Waals surface area contributed by atoms with Crippen molar-refractivity contribution in [1.82, 2.24) is 20.5 Å². The van der Waals surface area contributed by atoms with E-state index in [1.54, 1.807) is 32.9 Å². The third kappa shape index (κ3) is 10.9. The van der Waals surface area contributed by atoms with Crippen LogP contribution in [0.4, 0.5) is 0 Å². The first-order chi connectivity index (χ1) is 19.0. The summed E-state index contributed by atoms with van der Waals surface area (Å²) in [5, 5.41) is 15.8. The molecule has 1 aliphatic heterocycles. The number of nitrogens with zero attached hydrogens (tertiary/aromatic N) is 1. The molecule has 0 spiro atoms. The number of aliphatic hydroxyl groups is 1. The maximum Gasteiger partial charge on any atom is 0.255 e. The number of halogens is 2. The fourth-order valence-corrected chi connectivity index (χ4v) is 5.92. The van der Waals surface area contributed by atoms with E-state index in [2.05, 4.69) is 20.5 Å². The van der Waals surface area contributed by atoms with Crippen molar-refractivity contribution >= 4 is 50.9 Å². The lowest BCUT2D eigenvalue weighted by atomic mass is 10.1. The van der Waals surface area contributed by atoms with Crippen molar-refractivity contribution in [3.8, 4) is 0 Å². The van der Waals surface area contributed by atoms with Gasteiger partial charge in [0.25, 0.3) is 11.8 Å². The minimum atomic E-state index is -3.55. The van der Waals surface area contributed by atoms with Crippen molar-refractivity contribution < 1.29 is 27.9 Å². The van der Waals surface area contributed by atoms with Gasteiger partial charge in [-0.15, -0.1) is 11.6 Å². The van der Waals surface area contributed by atoms with Gasteiger partial charge in [0, 0.05) is 54.6 Å². The molecule has 0 radical (unpaired) electrons. The molecule has 13 heteroatoms. The van der Waals surface area contributed by atoms with E-state index in [9.17, 15) is 23.1 Å². The van der Waals surface area contributed by atoms with Crippen molar-refractivity contribution in [2.45, 2.75) is 26.9 Å². The molecule has 40 heavy (non-hydrogen) atoms. The lowest BCUT2D eigenvalue weighted by Gasteiger charge is -2.28. The Hall–Kier alpha value is -2.41. The molecule has 0 saturated carbocycles. The van der Waals surface area contributed by atoms with E-state index in [1.165, 1.54) is 18.4 Å². The number of alkyl halides is 1. The van der Waals surface area contributed by atoms with Crippen LogP contribution in [0, 0.1) is 13.8 Å². The van der Waals surface area contributed by atoms with Gasteiger partial charge in [0.15, 0.2) is 9.84 Å². The van der Waals surface area contributed by atoms with Gasteiger partial charge in [-0.05, 0) is 44.2 Å². The van der Waals surface area contributed by atoms with Gasteiger partial charge in [-0.2, -0.15) is 0 Å². The Bertz CT molecular complexity index is 1250. The number of allylic oxidation sites excluding steroid dienone is 1. The van der Waals surface area contributed by atoms with Crippen LogP contribution >= 0.6 is 23.2 Å². The molecule has 1 aromatic heterocycles. The second kappa shape index (κ2) is 16.8. The van der Waals surface area contributed by atoms with E-state index in [0.717, 1.165) is 18.6 Å². The molecule has 1 fully saturated rings. The smallest absolute Gasteiger partial charge is 0.255 e. The van der Waals surface area contributed by atoms with Crippen LogP contribution in [0.1, 0.15) is 34.2 Å². The zero-order chi connectivity index (χ0) is 29.7. The van der Waals surface area contributed by atoms with Crippen LogP contribution in [0.2, 0.25) is 0 Å². The summed E-state index contributed by atoms with van der Waals surface area (Å²) >= 11 is 11.3. The number of carbonyl (C=O) groups excluding carboxylic acids is 2. The number of hydrogen-bond donors (Lipinski definition) is 4. The maximum absolute atomic E-state index is 13.0. The highest BCUT2D eigenvalue weighted by atomic mass is 35.5. The van der Waals surface area contributed by atoms with E-state index >= 15 is 0 Å². The summed E-state index contributed by atoms with van der Waals surface area (Å²) in [7, 11) is -3.55. The van der Waals surface area contributed by atoms with E-state index in [4.69, 9.17) is 27.9 Å². The number of aliphatic hydroxyl groups excluding tert-OH is 1. The average molecular weight is 618 g/mol. The fraction of sp³-hybridized carbons (Fsp3) is 0.481. The molecule has 1 aliphatic rings. The first kappa shape index (κ1) is 33.8. The van der Waals surface area contributed by atoms with Crippen molar-refractivity contribution in [2.75, 3.05) is 56.8 Å². The second-order valence-electron chi connectivity index (χ2n) is 9.37. The van der Waals surface area contributed by atoms with E-state index < -0.39 is 21.8 Å². The Morgan fingerprint density at radius 2 is 1.95 bits per heavy atom. The first-order valence-corrected chi connectivity index (χ1v) is 15.6. The van der Waals surface area contributed by atoms with E-state index in [0.29, 0.717) is 47.8 Å². The summed E-state index contributed by atoms with van der Waals surface area (Å²) in [4.78, 5) is 31.0. The average Bonchev–Trinajstić information content (AvgIpc) is 3.21. The van der Waals surface area contributed by atoms with Gasteiger partial charge >= 0.3 is 0 Å². The molecule has 4 N–H and O–H groups in total. The number of β-amino-alcohol motifs (C(OH)–C–C–N with tert-alkyl or cyclic N) is 1. The molecule has 10 nitrogen and oxygen atoms in total. The number of aryl methyl sites for hydroxylation is 1. The molecule has 1 saturated heterocycles. The van der Waals surface area contributed by atoms with Gasteiger partial charge in [0.2, 0.25) is 0 Å². The lowest BCUT2D eigenvalue weighted by Crippen LogP contribution is -2.44. The Morgan fingerprint density at radius 1 is 1.25 bits per heavy atom. The zero-order valence-electron chi connectivity index (χ0n) is 23.0. The SMILES string of the molecule is C/C=C/NC(=O)C(=C\c1[nH]c(C)c(C(=O)NCC(O)CN2CCOCC2)c1C)/C=C/CS(=O)(=O)C/C(=C\Cl)CCl. The summed E-state index contributed by atoms with van der Waals surface area (Å²) in [6.07, 6.45) is 6.73. The Kier molecular flexibility index (Phi) is 14.2. The van der Waals surface area contributed by atoms with E-state index in [-0.39, 0.29) is 35.4 Å². The highest BCUT2D eigenvalue weighted by molar-refractivity contribution is 7.91. The molecule has 2 rings (SSSR count). The number of carbonyl (C=O) groups is 2. The predicted molar refractivity (Wildman–Crippen MR) is 159 cm³/mol. The fourth-order valence-electron chi connectivity index (χ4n) is 4.05. The van der Waals surface area contributed by atoms with Crippen LogP contribution in [0.15, 0.2) is 41.1 Å². The molecule has 2 amide bonds. The van der Waals surface area contributed by atoms with Crippen molar-refractivity contribution in [3.63, 3.8) is 0 Å².